The van der Waals surface area contributed by atoms with Crippen LogP contribution in [-0.4, -0.2) is 90.9 Å². The highest BCUT2D eigenvalue weighted by Gasteiger charge is 2.13. The van der Waals surface area contributed by atoms with E-state index in [-0.39, 0.29) is 0 Å². The Morgan fingerprint density at radius 1 is 0.691 bits per heavy atom. The quantitative estimate of drug-likeness (QED) is 0.0308. The number of halogens is 1. The molecule has 6 aromatic heterocycles. The standard InChI is InChI=1S/C19H21N5O2S.C11H16ClNO2.C8H6N4S/c1-12-16(20-7-6-17(12)26-9-3-8-25-2)11-27-19-22-15-5-4-14-13(10-21-24-14)18(15)23-19;1-9-10(8-12)13-5-4-11(9)15-7-3-6-14-2;13-8-10-6-2-1-5-4(3-9-12-5)7(6)11-8/h4-7,10,21,24H,3,8-9,11H2,1-2H3;4-5H,3,6-8H2,1-2H3;1-3,9,12H,(H,10,13). The van der Waals surface area contributed by atoms with Gasteiger partial charge in [0.15, 0.2) is 9.93 Å². The minimum absolute atomic E-state index is 0.418. The normalized spacial score (nSPS) is 11.1. The summed E-state index contributed by atoms with van der Waals surface area (Å²) in [5.74, 6) is 2.84. The number of benzene rings is 2. The van der Waals surface area contributed by atoms with Gasteiger partial charge in [0.2, 0.25) is 0 Å². The van der Waals surface area contributed by atoms with Gasteiger partial charge in [0, 0.05) is 92.7 Å². The van der Waals surface area contributed by atoms with Crippen molar-refractivity contribution in [3.8, 4) is 11.5 Å². The maximum Gasteiger partial charge on any atom is 0.197 e. The van der Waals surface area contributed by atoms with Crippen LogP contribution in [0.2, 0.25) is 0 Å². The van der Waals surface area contributed by atoms with Crippen LogP contribution < -0.4 is 9.47 Å². The Balaban J connectivity index is 0.000000155. The lowest BCUT2D eigenvalue weighted by Gasteiger charge is -2.11. The Bertz CT molecular complexity index is 2510. The molecule has 0 unspecified atom stereocenters. The van der Waals surface area contributed by atoms with E-state index in [0.717, 1.165) is 95.9 Å². The average molecular weight is 803 g/mol. The lowest BCUT2D eigenvalue weighted by Crippen LogP contribution is -2.04. The van der Waals surface area contributed by atoms with Crippen LogP contribution in [0.5, 0.6) is 11.5 Å². The molecule has 288 valence electrons. The summed E-state index contributed by atoms with van der Waals surface area (Å²) in [7, 11) is 3.38. The second-order valence-corrected chi connectivity index (χ2v) is 13.9. The molecule has 17 heteroatoms. The SMILES string of the molecule is COCCCOc1ccnc(CCl)c1C.COCCCOc1ccnc(CSc2nc3ccc4[nH][nH]cc4c3n2)c1C.S=c1nc2c(ccc3[nH][nH]cc32)[nH]1. The number of thioether (sulfide) groups is 1. The average Bonchev–Trinajstić information content (AvgIpc) is 4.02. The van der Waals surface area contributed by atoms with Gasteiger partial charge in [-0.3, -0.25) is 9.97 Å². The smallest absolute Gasteiger partial charge is 0.197 e. The van der Waals surface area contributed by atoms with Crippen molar-refractivity contribution in [1.82, 2.24) is 50.3 Å². The maximum absolute atomic E-state index is 5.85. The molecule has 0 saturated heterocycles. The molecule has 0 saturated carbocycles. The van der Waals surface area contributed by atoms with Crippen molar-refractivity contribution in [3.05, 3.63) is 88.5 Å². The molecule has 55 heavy (non-hydrogen) atoms. The first-order valence-electron chi connectivity index (χ1n) is 17.6. The largest absolute Gasteiger partial charge is 0.493 e. The molecule has 0 radical (unpaired) electrons. The molecule has 5 N–H and O–H groups in total. The number of pyridine rings is 2. The van der Waals surface area contributed by atoms with Gasteiger partial charge >= 0.3 is 0 Å². The molecule has 8 aromatic rings. The van der Waals surface area contributed by atoms with E-state index in [0.29, 0.717) is 42.8 Å². The lowest BCUT2D eigenvalue weighted by atomic mass is 10.2. The molecule has 0 aliphatic heterocycles. The Labute approximate surface area is 331 Å². The highest BCUT2D eigenvalue weighted by molar-refractivity contribution is 7.98. The van der Waals surface area contributed by atoms with E-state index in [1.165, 1.54) is 0 Å². The number of nitrogens with zero attached hydrogens (tertiary/aromatic N) is 5. The number of rotatable bonds is 14. The van der Waals surface area contributed by atoms with Crippen LogP contribution in [0.3, 0.4) is 0 Å². The fraction of sp³-hybridized carbons (Fsp3) is 0.316. The topological polar surface area (TPSA) is 180 Å². The summed E-state index contributed by atoms with van der Waals surface area (Å²) in [6.07, 6.45) is 9.05. The Morgan fingerprint density at radius 3 is 1.91 bits per heavy atom. The van der Waals surface area contributed by atoms with Crippen molar-refractivity contribution in [1.29, 1.82) is 0 Å². The molecule has 2 aromatic carbocycles. The number of hydrogen-bond acceptors (Lipinski definition) is 11. The molecule has 8 rings (SSSR count). The number of fused-ring (bicyclic) bond motifs is 6. The fourth-order valence-electron chi connectivity index (χ4n) is 5.66. The predicted molar refractivity (Wildman–Crippen MR) is 220 cm³/mol. The number of hydrogen-bond donors (Lipinski definition) is 5. The molecule has 14 nitrogen and oxygen atoms in total. The number of aromatic amines is 5. The first-order valence-corrected chi connectivity index (χ1v) is 19.5. The highest BCUT2D eigenvalue weighted by atomic mass is 35.5. The molecule has 0 aliphatic rings. The maximum atomic E-state index is 5.85. The Morgan fingerprint density at radius 2 is 1.27 bits per heavy atom. The van der Waals surface area contributed by atoms with Crippen molar-refractivity contribution >= 4 is 79.5 Å². The van der Waals surface area contributed by atoms with Crippen molar-refractivity contribution < 1.29 is 18.9 Å². The van der Waals surface area contributed by atoms with Crippen molar-refractivity contribution in [2.45, 2.75) is 43.5 Å². The number of H-pyrrole nitrogens is 5. The van der Waals surface area contributed by atoms with Gasteiger partial charge in [-0.25, -0.2) is 15.0 Å². The van der Waals surface area contributed by atoms with Gasteiger partial charge in [-0.1, -0.05) is 11.8 Å². The third-order valence-electron chi connectivity index (χ3n) is 8.62. The minimum Gasteiger partial charge on any atom is -0.493 e. The summed E-state index contributed by atoms with van der Waals surface area (Å²) in [5, 5.41) is 14.9. The third-order valence-corrected chi connectivity index (χ3v) is 9.93. The van der Waals surface area contributed by atoms with Crippen molar-refractivity contribution in [2.75, 3.05) is 40.6 Å². The molecule has 0 fully saturated rings. The number of ether oxygens (including phenoxy) is 4. The summed E-state index contributed by atoms with van der Waals surface area (Å²) in [4.78, 5) is 25.2. The van der Waals surface area contributed by atoms with Gasteiger partial charge in [0.25, 0.3) is 0 Å². The van der Waals surface area contributed by atoms with Crippen LogP contribution in [0.15, 0.2) is 66.3 Å². The molecule has 0 spiro atoms. The van der Waals surface area contributed by atoms with Gasteiger partial charge in [-0.2, -0.15) is 0 Å². The number of imidazole rings is 2. The zero-order valence-corrected chi connectivity index (χ0v) is 33.4. The first kappa shape index (κ1) is 39.7. The Hall–Kier alpha value is -5.00. The zero-order valence-electron chi connectivity index (χ0n) is 31.0. The van der Waals surface area contributed by atoms with Crippen molar-refractivity contribution in [3.63, 3.8) is 0 Å². The van der Waals surface area contributed by atoms with Crippen molar-refractivity contribution in [2.24, 2.45) is 0 Å². The summed E-state index contributed by atoms with van der Waals surface area (Å²) in [5.41, 5.74) is 9.70. The lowest BCUT2D eigenvalue weighted by molar-refractivity contribution is 0.171. The van der Waals surface area contributed by atoms with Gasteiger partial charge in [-0.15, -0.1) is 11.6 Å². The molecule has 0 amide bonds. The number of nitrogens with one attached hydrogen (secondary N) is 5. The minimum atomic E-state index is 0.418. The van der Waals surface area contributed by atoms with E-state index in [9.17, 15) is 0 Å². The van der Waals surface area contributed by atoms with Gasteiger partial charge < -0.3 is 44.3 Å². The van der Waals surface area contributed by atoms with E-state index in [1.807, 2.05) is 62.6 Å². The van der Waals surface area contributed by atoms with Crippen LogP contribution >= 0.6 is 35.6 Å². The second-order valence-electron chi connectivity index (χ2n) is 12.3. The third kappa shape index (κ3) is 10.0. The van der Waals surface area contributed by atoms with Gasteiger partial charge in [0.05, 0.1) is 52.5 Å². The van der Waals surface area contributed by atoms with Crippen LogP contribution in [0.25, 0.3) is 43.9 Å². The molecular weight excluding hydrogens is 760 g/mol. The van der Waals surface area contributed by atoms with Crippen LogP contribution in [0.4, 0.5) is 0 Å². The predicted octanol–water partition coefficient (Wildman–Crippen LogP) is 8.50. The van der Waals surface area contributed by atoms with E-state index in [1.54, 1.807) is 38.4 Å². The second kappa shape index (κ2) is 19.5. The molecule has 0 bridgehead atoms. The summed E-state index contributed by atoms with van der Waals surface area (Å²) < 4.78 is 22.0. The first-order chi connectivity index (χ1) is 26.9. The monoisotopic (exact) mass is 802 g/mol. The Kier molecular flexibility index (Phi) is 14.1. The van der Waals surface area contributed by atoms with E-state index in [4.69, 9.17) is 42.8 Å². The molecular formula is C38H43ClN10O4S2. The van der Waals surface area contributed by atoms with Gasteiger partial charge in [-0.05, 0) is 62.5 Å². The molecule has 0 atom stereocenters. The molecule has 0 aliphatic carbocycles. The number of methoxy groups -OCH3 is 2. The molecule has 6 heterocycles. The fourth-order valence-corrected chi connectivity index (χ4v) is 7.01. The van der Waals surface area contributed by atoms with Crippen LogP contribution in [0, 0.1) is 18.6 Å². The highest BCUT2D eigenvalue weighted by Crippen LogP contribution is 2.29. The summed E-state index contributed by atoms with van der Waals surface area (Å²) >= 11 is 12.3. The summed E-state index contributed by atoms with van der Waals surface area (Å²) in [6.45, 7) is 6.70. The number of alkyl halides is 1. The van der Waals surface area contributed by atoms with Crippen LogP contribution in [0.1, 0.15) is 35.4 Å². The zero-order chi connectivity index (χ0) is 38.6. The van der Waals surface area contributed by atoms with E-state index < -0.39 is 0 Å². The van der Waals surface area contributed by atoms with Gasteiger partial charge in [0.1, 0.15) is 22.5 Å². The van der Waals surface area contributed by atoms with E-state index >= 15 is 0 Å². The number of aromatic nitrogens is 10. The van der Waals surface area contributed by atoms with E-state index in [2.05, 4.69) is 50.3 Å². The summed E-state index contributed by atoms with van der Waals surface area (Å²) in [6, 6.07) is 11.7. The van der Waals surface area contributed by atoms with Crippen LogP contribution in [-0.2, 0) is 21.1 Å².